The van der Waals surface area contributed by atoms with Gasteiger partial charge in [-0.3, -0.25) is 4.79 Å². The molecule has 0 heterocycles. The normalized spacial score (nSPS) is 17.0. The van der Waals surface area contributed by atoms with Crippen LogP contribution in [-0.2, 0) is 16.1 Å². The molecule has 1 fully saturated rings. The van der Waals surface area contributed by atoms with Crippen LogP contribution in [0.2, 0.25) is 0 Å². The second kappa shape index (κ2) is 9.68. The zero-order valence-electron chi connectivity index (χ0n) is 14.4. The molecule has 2 rings (SSSR count). The molecule has 0 aliphatic heterocycles. The Labute approximate surface area is 140 Å². The van der Waals surface area contributed by atoms with Crippen molar-refractivity contribution in [1.29, 1.82) is 0 Å². The van der Waals surface area contributed by atoms with E-state index in [9.17, 15) is 4.79 Å². The molecule has 0 spiro atoms. The van der Waals surface area contributed by atoms with Gasteiger partial charge in [-0.05, 0) is 43.5 Å². The number of hydrogen-bond acceptors (Lipinski definition) is 3. The molecular weight excluding hydrogens is 288 g/mol. The van der Waals surface area contributed by atoms with E-state index in [1.807, 2.05) is 25.1 Å². The Morgan fingerprint density at radius 1 is 1.26 bits per heavy atom. The van der Waals surface area contributed by atoms with Crippen LogP contribution in [0.5, 0.6) is 0 Å². The monoisotopic (exact) mass is 318 g/mol. The van der Waals surface area contributed by atoms with Gasteiger partial charge < -0.3 is 15.4 Å². The highest BCUT2D eigenvalue weighted by Crippen LogP contribution is 2.22. The van der Waals surface area contributed by atoms with Gasteiger partial charge >= 0.3 is 0 Å². The van der Waals surface area contributed by atoms with Crippen molar-refractivity contribution in [3.8, 4) is 0 Å². The topological polar surface area (TPSA) is 50.4 Å². The molecule has 1 amide bonds. The van der Waals surface area contributed by atoms with E-state index in [2.05, 4.69) is 23.6 Å². The lowest BCUT2D eigenvalue weighted by molar-refractivity contribution is -0.132. The van der Waals surface area contributed by atoms with Crippen LogP contribution in [0.3, 0.4) is 0 Å². The first-order chi connectivity index (χ1) is 11.2. The predicted molar refractivity (Wildman–Crippen MR) is 94.5 cm³/mol. The van der Waals surface area contributed by atoms with E-state index >= 15 is 0 Å². The molecule has 1 atom stereocenters. The summed E-state index contributed by atoms with van der Waals surface area (Å²) in [6, 6.07) is 7.99. The summed E-state index contributed by atoms with van der Waals surface area (Å²) >= 11 is 0. The Bertz CT molecular complexity index is 484. The zero-order valence-corrected chi connectivity index (χ0v) is 14.4. The Morgan fingerprint density at radius 2 is 2.04 bits per heavy atom. The maximum Gasteiger partial charge on any atom is 0.253 e. The van der Waals surface area contributed by atoms with Crippen LogP contribution in [0.15, 0.2) is 24.3 Å². The van der Waals surface area contributed by atoms with Crippen LogP contribution in [0, 0.1) is 0 Å². The standard InChI is InChI=1S/C19H30N2O2/c1-3-18(23-17-11-6-5-7-12-17)19(22)21-16-10-8-9-15(13-16)14-20-4-2/h8-10,13,17-18,20H,3-7,11-12,14H2,1-2H3,(H,21,22). The summed E-state index contributed by atoms with van der Waals surface area (Å²) in [5, 5.41) is 6.30. The Morgan fingerprint density at radius 3 is 2.74 bits per heavy atom. The quantitative estimate of drug-likeness (QED) is 0.765. The molecule has 4 nitrogen and oxygen atoms in total. The van der Waals surface area contributed by atoms with Gasteiger partial charge in [0, 0.05) is 12.2 Å². The fraction of sp³-hybridized carbons (Fsp3) is 0.632. The number of rotatable bonds is 8. The maximum absolute atomic E-state index is 12.5. The van der Waals surface area contributed by atoms with Crippen molar-refractivity contribution < 1.29 is 9.53 Å². The highest BCUT2D eigenvalue weighted by atomic mass is 16.5. The molecule has 1 unspecified atom stereocenters. The molecule has 1 saturated carbocycles. The molecule has 1 aliphatic rings. The fourth-order valence-electron chi connectivity index (χ4n) is 3.03. The van der Waals surface area contributed by atoms with Gasteiger partial charge in [0.2, 0.25) is 0 Å². The minimum absolute atomic E-state index is 0.0290. The molecule has 0 radical (unpaired) electrons. The number of hydrogen-bond donors (Lipinski definition) is 2. The molecule has 0 saturated heterocycles. The first-order valence-corrected chi connectivity index (χ1v) is 8.99. The summed E-state index contributed by atoms with van der Waals surface area (Å²) in [7, 11) is 0. The first kappa shape index (κ1) is 18.0. The Hall–Kier alpha value is -1.39. The van der Waals surface area contributed by atoms with Gasteiger partial charge in [-0.1, -0.05) is 45.2 Å². The molecule has 128 valence electrons. The number of carbonyl (C=O) groups excluding carboxylic acids is 1. The van der Waals surface area contributed by atoms with Gasteiger partial charge in [-0.2, -0.15) is 0 Å². The molecule has 0 aromatic heterocycles. The van der Waals surface area contributed by atoms with Crippen LogP contribution in [-0.4, -0.2) is 24.7 Å². The van der Waals surface area contributed by atoms with E-state index in [1.165, 1.54) is 24.8 Å². The summed E-state index contributed by atoms with van der Waals surface area (Å²) in [6.07, 6.45) is 6.50. The molecule has 23 heavy (non-hydrogen) atoms. The summed E-state index contributed by atoms with van der Waals surface area (Å²) in [4.78, 5) is 12.5. The lowest BCUT2D eigenvalue weighted by Gasteiger charge is -2.26. The number of nitrogens with one attached hydrogen (secondary N) is 2. The van der Waals surface area contributed by atoms with Crippen LogP contribution in [0.25, 0.3) is 0 Å². The third-order valence-corrected chi connectivity index (χ3v) is 4.35. The van der Waals surface area contributed by atoms with E-state index in [-0.39, 0.29) is 18.1 Å². The largest absolute Gasteiger partial charge is 0.365 e. The number of carbonyl (C=O) groups is 1. The van der Waals surface area contributed by atoms with Crippen molar-refractivity contribution in [3.05, 3.63) is 29.8 Å². The minimum Gasteiger partial charge on any atom is -0.365 e. The highest BCUT2D eigenvalue weighted by molar-refractivity contribution is 5.94. The summed E-state index contributed by atoms with van der Waals surface area (Å²) in [5.74, 6) is -0.0290. The average molecular weight is 318 g/mol. The van der Waals surface area contributed by atoms with Gasteiger partial charge in [0.15, 0.2) is 0 Å². The number of anilines is 1. The maximum atomic E-state index is 12.5. The van der Waals surface area contributed by atoms with E-state index < -0.39 is 0 Å². The molecule has 1 aromatic rings. The van der Waals surface area contributed by atoms with Gasteiger partial charge in [0.25, 0.3) is 5.91 Å². The minimum atomic E-state index is -0.351. The lowest BCUT2D eigenvalue weighted by Crippen LogP contribution is -2.34. The van der Waals surface area contributed by atoms with Crippen molar-refractivity contribution in [2.75, 3.05) is 11.9 Å². The van der Waals surface area contributed by atoms with Crippen molar-refractivity contribution in [2.45, 2.75) is 71.1 Å². The van der Waals surface area contributed by atoms with E-state index in [1.54, 1.807) is 0 Å². The second-order valence-electron chi connectivity index (χ2n) is 6.26. The molecule has 1 aromatic carbocycles. The summed E-state index contributed by atoms with van der Waals surface area (Å²) in [5.41, 5.74) is 2.02. The van der Waals surface area contributed by atoms with E-state index in [0.29, 0.717) is 6.42 Å². The third-order valence-electron chi connectivity index (χ3n) is 4.35. The zero-order chi connectivity index (χ0) is 16.5. The third kappa shape index (κ3) is 5.96. The molecule has 2 N–H and O–H groups in total. The number of benzene rings is 1. The predicted octanol–water partition coefficient (Wildman–Crippen LogP) is 3.86. The van der Waals surface area contributed by atoms with Gasteiger partial charge in [0.05, 0.1) is 6.10 Å². The Kier molecular flexibility index (Phi) is 7.56. The molecule has 1 aliphatic carbocycles. The molecular formula is C19H30N2O2. The Balaban J connectivity index is 1.90. The van der Waals surface area contributed by atoms with E-state index in [4.69, 9.17) is 4.74 Å². The van der Waals surface area contributed by atoms with Gasteiger partial charge in [-0.15, -0.1) is 0 Å². The van der Waals surface area contributed by atoms with Crippen LogP contribution >= 0.6 is 0 Å². The number of amides is 1. The fourth-order valence-corrected chi connectivity index (χ4v) is 3.03. The average Bonchev–Trinajstić information content (AvgIpc) is 2.59. The van der Waals surface area contributed by atoms with Crippen molar-refractivity contribution in [3.63, 3.8) is 0 Å². The van der Waals surface area contributed by atoms with E-state index in [0.717, 1.165) is 31.6 Å². The highest BCUT2D eigenvalue weighted by Gasteiger charge is 2.23. The van der Waals surface area contributed by atoms with Crippen molar-refractivity contribution in [1.82, 2.24) is 5.32 Å². The van der Waals surface area contributed by atoms with Crippen molar-refractivity contribution in [2.24, 2.45) is 0 Å². The first-order valence-electron chi connectivity index (χ1n) is 8.99. The van der Waals surface area contributed by atoms with Gasteiger partial charge in [0.1, 0.15) is 6.10 Å². The van der Waals surface area contributed by atoms with Crippen molar-refractivity contribution >= 4 is 11.6 Å². The number of ether oxygens (including phenoxy) is 1. The van der Waals surface area contributed by atoms with Gasteiger partial charge in [-0.25, -0.2) is 0 Å². The summed E-state index contributed by atoms with van der Waals surface area (Å²) < 4.78 is 6.05. The summed E-state index contributed by atoms with van der Waals surface area (Å²) in [6.45, 7) is 5.84. The SMILES string of the molecule is CCNCc1cccc(NC(=O)C(CC)OC2CCCCC2)c1. The molecule has 0 bridgehead atoms. The second-order valence-corrected chi connectivity index (χ2v) is 6.26. The smallest absolute Gasteiger partial charge is 0.253 e. The lowest BCUT2D eigenvalue weighted by atomic mass is 9.97. The van der Waals surface area contributed by atoms with Crippen LogP contribution in [0.4, 0.5) is 5.69 Å². The van der Waals surface area contributed by atoms with Crippen LogP contribution in [0.1, 0.15) is 57.9 Å². The van der Waals surface area contributed by atoms with Crippen LogP contribution < -0.4 is 10.6 Å². The molecule has 4 heteroatoms.